The monoisotopic (exact) mass is 453 g/mol. The number of benzene rings is 2. The van der Waals surface area contributed by atoms with Crippen LogP contribution in [0.1, 0.15) is 45.1 Å². The normalized spacial score (nSPS) is 21.5. The van der Waals surface area contributed by atoms with Gasteiger partial charge in [0.15, 0.2) is 0 Å². The minimum absolute atomic E-state index is 0.191. The van der Waals surface area contributed by atoms with Crippen LogP contribution in [0.5, 0.6) is 11.5 Å². The molecule has 3 unspecified atom stereocenters. The number of aliphatic carboxylic acids is 1. The maximum absolute atomic E-state index is 13.2. The van der Waals surface area contributed by atoms with Gasteiger partial charge in [0.25, 0.3) is 0 Å². The Kier molecular flexibility index (Phi) is 8.09. The van der Waals surface area contributed by atoms with Crippen molar-refractivity contribution in [1.82, 2.24) is 5.32 Å². The average Bonchev–Trinajstić information content (AvgIpc) is 2.79. The van der Waals surface area contributed by atoms with Crippen molar-refractivity contribution in [2.75, 3.05) is 6.61 Å². The lowest BCUT2D eigenvalue weighted by atomic mass is 9.51. The van der Waals surface area contributed by atoms with Gasteiger partial charge in [-0.25, -0.2) is 0 Å². The first-order chi connectivity index (χ1) is 15.9. The number of carboxylic acids is 1. The van der Waals surface area contributed by atoms with E-state index in [2.05, 4.69) is 5.32 Å². The fraction of sp³-hybridized carbons (Fsp3) is 0.423. The molecule has 2 aromatic rings. The van der Waals surface area contributed by atoms with Crippen LogP contribution in [-0.2, 0) is 25.7 Å². The van der Waals surface area contributed by atoms with Crippen molar-refractivity contribution in [3.63, 3.8) is 0 Å². The van der Waals surface area contributed by atoms with Crippen LogP contribution in [-0.4, -0.2) is 29.6 Å². The van der Waals surface area contributed by atoms with Gasteiger partial charge in [-0.3, -0.25) is 14.4 Å². The van der Waals surface area contributed by atoms with Gasteiger partial charge >= 0.3 is 11.9 Å². The van der Waals surface area contributed by atoms with E-state index in [4.69, 9.17) is 9.47 Å². The summed E-state index contributed by atoms with van der Waals surface area (Å²) in [6.45, 7) is 4.28. The Labute approximate surface area is 194 Å². The minimum atomic E-state index is -1.13. The lowest BCUT2D eigenvalue weighted by Crippen LogP contribution is -2.61. The van der Waals surface area contributed by atoms with Crippen LogP contribution >= 0.6 is 0 Å². The van der Waals surface area contributed by atoms with Crippen molar-refractivity contribution < 1.29 is 29.0 Å². The molecule has 7 heteroatoms. The molecule has 3 atom stereocenters. The van der Waals surface area contributed by atoms with Gasteiger partial charge in [0.1, 0.15) is 11.5 Å². The summed E-state index contributed by atoms with van der Waals surface area (Å²) in [6, 6.07) is 16.8. The van der Waals surface area contributed by atoms with E-state index in [1.807, 2.05) is 68.4 Å². The van der Waals surface area contributed by atoms with Crippen molar-refractivity contribution in [3.8, 4) is 11.5 Å². The van der Waals surface area contributed by atoms with Gasteiger partial charge in [0.2, 0.25) is 5.91 Å². The molecule has 7 nitrogen and oxygen atoms in total. The van der Waals surface area contributed by atoms with Crippen molar-refractivity contribution in [2.24, 2.45) is 17.3 Å². The molecule has 1 amide bonds. The number of rotatable bonds is 11. The van der Waals surface area contributed by atoms with Crippen LogP contribution in [0.4, 0.5) is 0 Å². The zero-order valence-electron chi connectivity index (χ0n) is 19.1. The molecule has 1 saturated carbocycles. The number of amides is 1. The Morgan fingerprint density at radius 1 is 1.00 bits per heavy atom. The Morgan fingerprint density at radius 3 is 2.27 bits per heavy atom. The van der Waals surface area contributed by atoms with Crippen LogP contribution in [0.2, 0.25) is 0 Å². The third-order valence-electron chi connectivity index (χ3n) is 6.10. The molecule has 1 aliphatic carbocycles. The van der Waals surface area contributed by atoms with Crippen molar-refractivity contribution in [2.45, 2.75) is 46.1 Å². The lowest BCUT2D eigenvalue weighted by molar-refractivity contribution is -0.185. The van der Waals surface area contributed by atoms with Gasteiger partial charge in [-0.1, -0.05) is 50.6 Å². The van der Waals surface area contributed by atoms with E-state index in [0.29, 0.717) is 25.0 Å². The summed E-state index contributed by atoms with van der Waals surface area (Å²) >= 11 is 0. The summed E-state index contributed by atoms with van der Waals surface area (Å²) in [5, 5.41) is 12.7. The van der Waals surface area contributed by atoms with Crippen molar-refractivity contribution in [1.29, 1.82) is 0 Å². The van der Waals surface area contributed by atoms with Gasteiger partial charge in [-0.15, -0.1) is 0 Å². The first-order valence-electron chi connectivity index (χ1n) is 11.4. The lowest BCUT2D eigenvalue weighted by Gasteiger charge is -2.50. The molecule has 3 rings (SSSR count). The average molecular weight is 454 g/mol. The molecule has 1 fully saturated rings. The minimum Gasteiger partial charge on any atom is -0.481 e. The molecule has 2 N–H and O–H groups in total. The standard InChI is InChI=1S/C26H31NO6/c1-3-14-26(16-21(22(26)23(28)29)24(30)32-15-4-2)25(31)27-17-18-10-12-20(13-11-18)33-19-8-6-5-7-9-19/h5-13,21-22H,3-4,14-17H2,1-2H3,(H,27,31)(H,28,29). The smallest absolute Gasteiger partial charge is 0.309 e. The third-order valence-corrected chi connectivity index (χ3v) is 6.10. The van der Waals surface area contributed by atoms with Crippen molar-refractivity contribution >= 4 is 17.8 Å². The highest BCUT2D eigenvalue weighted by Gasteiger charge is 2.64. The van der Waals surface area contributed by atoms with Gasteiger partial charge in [0.05, 0.1) is 23.9 Å². The zero-order valence-corrected chi connectivity index (χ0v) is 19.1. The molecular weight excluding hydrogens is 422 g/mol. The molecule has 1 aliphatic rings. The van der Waals surface area contributed by atoms with E-state index < -0.39 is 29.2 Å². The molecule has 0 aromatic heterocycles. The van der Waals surface area contributed by atoms with Gasteiger partial charge in [-0.2, -0.15) is 0 Å². The van der Waals surface area contributed by atoms with E-state index >= 15 is 0 Å². The molecule has 0 spiro atoms. The molecule has 2 aromatic carbocycles. The van der Waals surface area contributed by atoms with Crippen LogP contribution in [0.25, 0.3) is 0 Å². The van der Waals surface area contributed by atoms with E-state index in [1.165, 1.54) is 0 Å². The fourth-order valence-electron chi connectivity index (χ4n) is 4.51. The second-order valence-corrected chi connectivity index (χ2v) is 8.44. The molecule has 0 aliphatic heterocycles. The SMILES string of the molecule is CCCOC(=O)C1CC(CCC)(C(=O)NCc2ccc(Oc3ccccc3)cc2)C1C(=O)O. The summed E-state index contributed by atoms with van der Waals surface area (Å²) in [6.07, 6.45) is 1.89. The van der Waals surface area contributed by atoms with Crippen LogP contribution < -0.4 is 10.1 Å². The Hall–Kier alpha value is -3.35. The number of hydrogen-bond acceptors (Lipinski definition) is 5. The van der Waals surface area contributed by atoms with Crippen LogP contribution in [0.3, 0.4) is 0 Å². The number of esters is 1. The Balaban J connectivity index is 1.64. The molecule has 0 bridgehead atoms. The van der Waals surface area contributed by atoms with E-state index in [9.17, 15) is 19.5 Å². The highest BCUT2D eigenvalue weighted by Crippen LogP contribution is 2.55. The Morgan fingerprint density at radius 2 is 1.67 bits per heavy atom. The number of carbonyl (C=O) groups excluding carboxylic acids is 2. The van der Waals surface area contributed by atoms with Gasteiger partial charge in [0, 0.05) is 6.54 Å². The highest BCUT2D eigenvalue weighted by atomic mass is 16.5. The van der Waals surface area contributed by atoms with Crippen LogP contribution in [0.15, 0.2) is 54.6 Å². The maximum Gasteiger partial charge on any atom is 0.309 e. The fourth-order valence-corrected chi connectivity index (χ4v) is 4.51. The number of carboxylic acid groups (broad SMARTS) is 1. The van der Waals surface area contributed by atoms with E-state index in [-0.39, 0.29) is 25.5 Å². The first-order valence-corrected chi connectivity index (χ1v) is 11.4. The summed E-state index contributed by atoms with van der Waals surface area (Å²) < 4.78 is 10.9. The maximum atomic E-state index is 13.2. The summed E-state index contributed by atoms with van der Waals surface area (Å²) in [5.41, 5.74) is -0.243. The topological polar surface area (TPSA) is 102 Å². The predicted molar refractivity (Wildman–Crippen MR) is 123 cm³/mol. The molecule has 0 radical (unpaired) electrons. The molecule has 176 valence electrons. The number of nitrogens with one attached hydrogen (secondary N) is 1. The second-order valence-electron chi connectivity index (χ2n) is 8.44. The van der Waals surface area contributed by atoms with Gasteiger partial charge < -0.3 is 19.9 Å². The summed E-state index contributed by atoms with van der Waals surface area (Å²) in [5.74, 6) is -2.46. The zero-order chi connectivity index (χ0) is 23.8. The molecule has 0 saturated heterocycles. The van der Waals surface area contributed by atoms with Crippen molar-refractivity contribution in [3.05, 3.63) is 60.2 Å². The number of carbonyl (C=O) groups is 3. The quantitative estimate of drug-likeness (QED) is 0.484. The molecular formula is C26H31NO6. The second kappa shape index (κ2) is 11.0. The molecule has 0 heterocycles. The predicted octanol–water partition coefficient (Wildman–Crippen LogP) is 4.56. The Bertz CT molecular complexity index is 959. The van der Waals surface area contributed by atoms with E-state index in [0.717, 1.165) is 11.3 Å². The summed E-state index contributed by atoms with van der Waals surface area (Å²) in [4.78, 5) is 37.5. The number of para-hydroxylation sites is 1. The third kappa shape index (κ3) is 5.53. The van der Waals surface area contributed by atoms with Gasteiger partial charge in [-0.05, 0) is 49.1 Å². The number of ether oxygens (including phenoxy) is 2. The summed E-state index contributed by atoms with van der Waals surface area (Å²) in [7, 11) is 0. The first kappa shape index (κ1) is 24.3. The number of hydrogen-bond donors (Lipinski definition) is 2. The highest BCUT2D eigenvalue weighted by molar-refractivity contribution is 5.95. The molecule has 33 heavy (non-hydrogen) atoms. The van der Waals surface area contributed by atoms with E-state index in [1.54, 1.807) is 0 Å². The largest absolute Gasteiger partial charge is 0.481 e. The van der Waals surface area contributed by atoms with Crippen LogP contribution in [0, 0.1) is 17.3 Å².